The molecule has 1 amide bonds. The topological polar surface area (TPSA) is 73.2 Å². The first kappa shape index (κ1) is 18.4. The molecule has 1 aromatic heterocycles. The van der Waals surface area contributed by atoms with Gasteiger partial charge in [0.25, 0.3) is 5.56 Å². The van der Waals surface area contributed by atoms with Gasteiger partial charge in [-0.1, -0.05) is 36.4 Å². The van der Waals surface area contributed by atoms with Gasteiger partial charge in [0.05, 0.1) is 5.69 Å². The molecular formula is C22H23N3O3. The highest BCUT2D eigenvalue weighted by Gasteiger charge is 2.15. The van der Waals surface area contributed by atoms with Gasteiger partial charge in [0.1, 0.15) is 6.54 Å². The van der Waals surface area contributed by atoms with Crippen LogP contribution in [0.4, 0.5) is 0 Å². The summed E-state index contributed by atoms with van der Waals surface area (Å²) in [6.45, 7) is 2.02. The van der Waals surface area contributed by atoms with Gasteiger partial charge in [-0.2, -0.15) is 5.10 Å². The molecule has 0 unspecified atom stereocenters. The maximum absolute atomic E-state index is 12.3. The predicted octanol–water partition coefficient (Wildman–Crippen LogP) is 2.61. The summed E-state index contributed by atoms with van der Waals surface area (Å²) >= 11 is 0. The zero-order valence-electron chi connectivity index (χ0n) is 15.6. The number of rotatable bonds is 5. The molecule has 1 saturated heterocycles. The molecule has 144 valence electrons. The minimum atomic E-state index is -0.286. The fourth-order valence-electron chi connectivity index (χ4n) is 3.47. The highest BCUT2D eigenvalue weighted by atomic mass is 16.5. The molecule has 0 radical (unpaired) electrons. The lowest BCUT2D eigenvalue weighted by molar-refractivity contribution is -0.122. The van der Waals surface area contributed by atoms with Crippen molar-refractivity contribution in [2.75, 3.05) is 19.8 Å². The summed E-state index contributed by atoms with van der Waals surface area (Å²) in [5.74, 6) is 0.239. The molecule has 0 spiro atoms. The van der Waals surface area contributed by atoms with E-state index in [0.29, 0.717) is 18.2 Å². The van der Waals surface area contributed by atoms with Crippen molar-refractivity contribution >= 4 is 16.7 Å². The summed E-state index contributed by atoms with van der Waals surface area (Å²) in [6.07, 6.45) is 1.91. The third kappa shape index (κ3) is 4.28. The van der Waals surface area contributed by atoms with E-state index in [9.17, 15) is 9.59 Å². The molecule has 1 fully saturated rings. The van der Waals surface area contributed by atoms with Gasteiger partial charge in [-0.15, -0.1) is 0 Å². The summed E-state index contributed by atoms with van der Waals surface area (Å²) in [5, 5.41) is 9.58. The van der Waals surface area contributed by atoms with Crippen LogP contribution in [0.1, 0.15) is 12.8 Å². The number of benzene rings is 2. The molecule has 2 aromatic carbocycles. The third-order valence-electron chi connectivity index (χ3n) is 5.13. The van der Waals surface area contributed by atoms with Crippen LogP contribution in [0.2, 0.25) is 0 Å². The van der Waals surface area contributed by atoms with E-state index in [4.69, 9.17) is 4.74 Å². The van der Waals surface area contributed by atoms with Crippen LogP contribution in [-0.4, -0.2) is 35.4 Å². The van der Waals surface area contributed by atoms with Gasteiger partial charge < -0.3 is 10.1 Å². The molecule has 4 rings (SSSR count). The molecule has 28 heavy (non-hydrogen) atoms. The number of nitrogens with zero attached hydrogens (tertiary/aromatic N) is 2. The number of aromatic nitrogens is 2. The van der Waals surface area contributed by atoms with Crippen molar-refractivity contribution in [3.8, 4) is 11.3 Å². The standard InChI is InChI=1S/C22H23N3O3/c26-21(23-14-16-9-11-28-12-10-16)15-25-22(27)8-7-20(24-25)19-6-5-17-3-1-2-4-18(17)13-19/h1-8,13,16H,9-12,14-15H2,(H,23,26). The molecule has 0 bridgehead atoms. The van der Waals surface area contributed by atoms with E-state index in [1.54, 1.807) is 6.07 Å². The molecule has 6 nitrogen and oxygen atoms in total. The van der Waals surface area contributed by atoms with Gasteiger partial charge in [0, 0.05) is 31.4 Å². The Kier molecular flexibility index (Phi) is 5.48. The van der Waals surface area contributed by atoms with Crippen molar-refractivity contribution in [1.29, 1.82) is 0 Å². The first-order valence-electron chi connectivity index (χ1n) is 9.61. The minimum absolute atomic E-state index is 0.0799. The first-order valence-corrected chi connectivity index (χ1v) is 9.61. The maximum atomic E-state index is 12.3. The Morgan fingerprint density at radius 3 is 2.68 bits per heavy atom. The van der Waals surface area contributed by atoms with Crippen LogP contribution in [0.15, 0.2) is 59.4 Å². The van der Waals surface area contributed by atoms with E-state index < -0.39 is 0 Å². The average molecular weight is 377 g/mol. The zero-order valence-corrected chi connectivity index (χ0v) is 15.6. The number of nitrogens with one attached hydrogen (secondary N) is 1. The van der Waals surface area contributed by atoms with E-state index in [-0.39, 0.29) is 18.0 Å². The molecule has 0 saturated carbocycles. The van der Waals surface area contributed by atoms with Crippen LogP contribution in [0.3, 0.4) is 0 Å². The lowest BCUT2D eigenvalue weighted by Gasteiger charge is -2.22. The van der Waals surface area contributed by atoms with Crippen molar-refractivity contribution < 1.29 is 9.53 Å². The molecule has 2 heterocycles. The summed E-state index contributed by atoms with van der Waals surface area (Å²) in [6, 6.07) is 17.3. The smallest absolute Gasteiger partial charge is 0.267 e. The van der Waals surface area contributed by atoms with Gasteiger partial charge in [0.15, 0.2) is 0 Å². The summed E-state index contributed by atoms with van der Waals surface area (Å²) in [4.78, 5) is 24.4. The number of hydrogen-bond donors (Lipinski definition) is 1. The molecule has 0 atom stereocenters. The highest BCUT2D eigenvalue weighted by molar-refractivity contribution is 5.86. The van der Waals surface area contributed by atoms with E-state index in [2.05, 4.69) is 16.5 Å². The van der Waals surface area contributed by atoms with Crippen molar-refractivity contribution in [2.45, 2.75) is 19.4 Å². The second-order valence-corrected chi connectivity index (χ2v) is 7.14. The highest BCUT2D eigenvalue weighted by Crippen LogP contribution is 2.22. The molecule has 1 N–H and O–H groups in total. The third-order valence-corrected chi connectivity index (χ3v) is 5.13. The quantitative estimate of drug-likeness (QED) is 0.742. The van der Waals surface area contributed by atoms with Gasteiger partial charge in [0.2, 0.25) is 5.91 Å². The number of fused-ring (bicyclic) bond motifs is 1. The second kappa shape index (κ2) is 8.35. The number of carbonyl (C=O) groups excluding carboxylic acids is 1. The van der Waals surface area contributed by atoms with Crippen LogP contribution in [0, 0.1) is 5.92 Å². The average Bonchev–Trinajstić information content (AvgIpc) is 2.74. The van der Waals surface area contributed by atoms with Crippen molar-refractivity contribution in [2.24, 2.45) is 5.92 Å². The number of carbonyl (C=O) groups is 1. The van der Waals surface area contributed by atoms with Gasteiger partial charge in [-0.25, -0.2) is 4.68 Å². The van der Waals surface area contributed by atoms with Gasteiger partial charge >= 0.3 is 0 Å². The molecule has 0 aliphatic carbocycles. The Morgan fingerprint density at radius 1 is 1.07 bits per heavy atom. The second-order valence-electron chi connectivity index (χ2n) is 7.14. The van der Waals surface area contributed by atoms with Crippen molar-refractivity contribution in [3.05, 3.63) is 65.0 Å². The fourth-order valence-corrected chi connectivity index (χ4v) is 3.47. The Labute approximate surface area is 163 Å². The van der Waals surface area contributed by atoms with Gasteiger partial charge in [-0.05, 0) is 41.7 Å². The van der Waals surface area contributed by atoms with Crippen molar-refractivity contribution in [3.63, 3.8) is 0 Å². The van der Waals surface area contributed by atoms with Crippen LogP contribution in [0.5, 0.6) is 0 Å². The predicted molar refractivity (Wildman–Crippen MR) is 108 cm³/mol. The Hall–Kier alpha value is -2.99. The van der Waals surface area contributed by atoms with E-state index in [1.807, 2.05) is 36.4 Å². The maximum Gasteiger partial charge on any atom is 0.267 e. The van der Waals surface area contributed by atoms with Crippen LogP contribution in [-0.2, 0) is 16.1 Å². The van der Waals surface area contributed by atoms with Crippen LogP contribution >= 0.6 is 0 Å². The molecule has 1 aliphatic rings. The number of ether oxygens (including phenoxy) is 1. The van der Waals surface area contributed by atoms with E-state index in [1.165, 1.54) is 10.7 Å². The molecule has 3 aromatic rings. The monoisotopic (exact) mass is 377 g/mol. The minimum Gasteiger partial charge on any atom is -0.381 e. The van der Waals surface area contributed by atoms with Crippen molar-refractivity contribution in [1.82, 2.24) is 15.1 Å². The SMILES string of the molecule is O=C(Cn1nc(-c2ccc3ccccc3c2)ccc1=O)NCC1CCOCC1. The molecule has 6 heteroatoms. The summed E-state index contributed by atoms with van der Waals surface area (Å²) in [5.41, 5.74) is 1.29. The normalized spacial score (nSPS) is 14.9. The van der Waals surface area contributed by atoms with Crippen LogP contribution < -0.4 is 10.9 Å². The molecular weight excluding hydrogens is 354 g/mol. The summed E-state index contributed by atoms with van der Waals surface area (Å²) in [7, 11) is 0. The number of hydrogen-bond acceptors (Lipinski definition) is 4. The largest absolute Gasteiger partial charge is 0.381 e. The number of amides is 1. The lowest BCUT2D eigenvalue weighted by Crippen LogP contribution is -2.37. The zero-order chi connectivity index (χ0) is 19.3. The Bertz CT molecular complexity index is 1040. The van der Waals surface area contributed by atoms with Gasteiger partial charge in [-0.3, -0.25) is 9.59 Å². The van der Waals surface area contributed by atoms with E-state index >= 15 is 0 Å². The van der Waals surface area contributed by atoms with E-state index in [0.717, 1.165) is 42.4 Å². The first-order chi connectivity index (χ1) is 13.7. The Morgan fingerprint density at radius 2 is 1.86 bits per heavy atom. The Balaban J connectivity index is 1.48. The molecule has 1 aliphatic heterocycles. The summed E-state index contributed by atoms with van der Waals surface area (Å²) < 4.78 is 6.56. The lowest BCUT2D eigenvalue weighted by atomic mass is 10.0. The van der Waals surface area contributed by atoms with Crippen LogP contribution in [0.25, 0.3) is 22.0 Å². The fraction of sp³-hybridized carbons (Fsp3) is 0.318.